The molecule has 0 aliphatic carbocycles. The Kier molecular flexibility index (Phi) is 15.2. The molecule has 0 aliphatic rings. The maximum atomic E-state index is 11.6. The number of hydrogen-bond donors (Lipinski definition) is 3. The van der Waals surface area contributed by atoms with Crippen LogP contribution in [0.5, 0.6) is 0 Å². The van der Waals surface area contributed by atoms with E-state index in [1.165, 1.54) is 35.4 Å². The lowest BCUT2D eigenvalue weighted by Gasteiger charge is -2.13. The van der Waals surface area contributed by atoms with Crippen LogP contribution >= 0.6 is 23.7 Å². The van der Waals surface area contributed by atoms with Crippen LogP contribution in [0.4, 0.5) is 4.79 Å². The second-order valence-corrected chi connectivity index (χ2v) is 8.93. The highest BCUT2D eigenvalue weighted by atomic mass is 32.2. The van der Waals surface area contributed by atoms with Gasteiger partial charge in [-0.3, -0.25) is 14.3 Å². The minimum absolute atomic E-state index is 0.259. The van der Waals surface area contributed by atoms with Gasteiger partial charge in [0.1, 0.15) is 6.04 Å². The van der Waals surface area contributed by atoms with E-state index in [9.17, 15) is 19.5 Å². The van der Waals surface area contributed by atoms with E-state index in [4.69, 9.17) is 0 Å². The van der Waals surface area contributed by atoms with Crippen LogP contribution in [-0.4, -0.2) is 39.8 Å². The number of rotatable bonds is 12. The summed E-state index contributed by atoms with van der Waals surface area (Å²) >= 11 is 2.00. The van der Waals surface area contributed by atoms with E-state index in [0.717, 1.165) is 25.7 Å². The summed E-state index contributed by atoms with van der Waals surface area (Å²) < 4.78 is 2.26. The van der Waals surface area contributed by atoms with Crippen molar-refractivity contribution in [2.45, 2.75) is 66.3 Å². The van der Waals surface area contributed by atoms with Gasteiger partial charge in [0.25, 0.3) is 5.24 Å². The number of amides is 2. The van der Waals surface area contributed by atoms with E-state index in [1.807, 2.05) is 0 Å². The zero-order valence-electron chi connectivity index (χ0n) is 18.0. The summed E-state index contributed by atoms with van der Waals surface area (Å²) in [6, 6.07) is -0.992. The SMILES string of the molecule is CC(=O)NSC(=O)N[C@@H](CSC/C=C(\C)CC/C=C(\C)CCC=C(C)C)C(=O)O. The second kappa shape index (κ2) is 16.2. The van der Waals surface area contributed by atoms with Gasteiger partial charge in [0.15, 0.2) is 0 Å². The Balaban J connectivity index is 4.20. The number of thioether (sulfide) groups is 1. The lowest BCUT2D eigenvalue weighted by Crippen LogP contribution is -2.41. The van der Waals surface area contributed by atoms with E-state index in [2.05, 4.69) is 56.0 Å². The summed E-state index contributed by atoms with van der Waals surface area (Å²) in [7, 11) is 0. The molecule has 0 aromatic carbocycles. The van der Waals surface area contributed by atoms with Crippen molar-refractivity contribution in [1.82, 2.24) is 10.0 Å². The van der Waals surface area contributed by atoms with Gasteiger partial charge >= 0.3 is 5.97 Å². The van der Waals surface area contributed by atoms with Crippen molar-refractivity contribution in [3.05, 3.63) is 34.9 Å². The standard InChI is InChI=1S/C21H34N2O4S2/c1-15(2)8-6-9-16(3)10-7-11-17(4)12-13-28-14-19(20(25)26)22-21(27)29-23-18(5)24/h8,10,12,19H,6-7,9,11,13-14H2,1-5H3,(H,22,27)(H,23,24)(H,25,26)/b16-10+,17-12+/t19-/m0/s1. The molecule has 2 amide bonds. The van der Waals surface area contributed by atoms with E-state index >= 15 is 0 Å². The molecule has 8 heteroatoms. The smallest absolute Gasteiger partial charge is 0.327 e. The first-order valence-electron chi connectivity index (χ1n) is 9.61. The molecule has 0 bridgehead atoms. The van der Waals surface area contributed by atoms with E-state index in [0.29, 0.717) is 17.7 Å². The van der Waals surface area contributed by atoms with Crippen molar-refractivity contribution in [2.75, 3.05) is 11.5 Å². The third-order valence-corrected chi connectivity index (χ3v) is 5.50. The summed E-state index contributed by atoms with van der Waals surface area (Å²) in [6.07, 6.45) is 10.8. The van der Waals surface area contributed by atoms with Crippen molar-refractivity contribution in [1.29, 1.82) is 0 Å². The van der Waals surface area contributed by atoms with Crippen molar-refractivity contribution in [2.24, 2.45) is 0 Å². The average Bonchev–Trinajstić information content (AvgIpc) is 2.61. The Hall–Kier alpha value is -1.67. The molecular weight excluding hydrogens is 408 g/mol. The zero-order valence-corrected chi connectivity index (χ0v) is 19.7. The van der Waals surface area contributed by atoms with Crippen molar-refractivity contribution in [3.63, 3.8) is 0 Å². The first-order chi connectivity index (χ1) is 13.6. The molecule has 164 valence electrons. The first kappa shape index (κ1) is 27.3. The van der Waals surface area contributed by atoms with Crippen LogP contribution in [0.3, 0.4) is 0 Å². The van der Waals surface area contributed by atoms with Crippen LogP contribution in [0.15, 0.2) is 34.9 Å². The fraction of sp³-hybridized carbons (Fsp3) is 0.571. The number of carboxylic acid groups (broad SMARTS) is 1. The van der Waals surface area contributed by atoms with Crippen LogP contribution in [0.2, 0.25) is 0 Å². The topological polar surface area (TPSA) is 95.5 Å². The normalized spacial score (nSPS) is 12.9. The number of carboxylic acids is 1. The Labute approximate surface area is 183 Å². The fourth-order valence-corrected chi connectivity index (χ4v) is 3.63. The minimum atomic E-state index is -1.09. The number of hydrogen-bond acceptors (Lipinski definition) is 5. The summed E-state index contributed by atoms with van der Waals surface area (Å²) in [6.45, 7) is 9.75. The maximum Gasteiger partial charge on any atom is 0.327 e. The van der Waals surface area contributed by atoms with Gasteiger partial charge in [0.2, 0.25) is 5.91 Å². The lowest BCUT2D eigenvalue weighted by molar-refractivity contribution is -0.138. The van der Waals surface area contributed by atoms with Gasteiger partial charge in [0, 0.05) is 18.4 Å². The number of allylic oxidation sites excluding steroid dienone is 5. The molecule has 1 atom stereocenters. The number of carbonyl (C=O) groups is 3. The second-order valence-electron chi connectivity index (χ2n) is 7.08. The molecule has 0 aromatic heterocycles. The van der Waals surface area contributed by atoms with Crippen LogP contribution in [0.25, 0.3) is 0 Å². The highest BCUT2D eigenvalue weighted by Crippen LogP contribution is 2.13. The summed E-state index contributed by atoms with van der Waals surface area (Å²) in [4.78, 5) is 33.7. The summed E-state index contributed by atoms with van der Waals surface area (Å²) in [5, 5.41) is 11.0. The molecule has 0 saturated heterocycles. The predicted molar refractivity (Wildman–Crippen MR) is 124 cm³/mol. The predicted octanol–water partition coefficient (Wildman–Crippen LogP) is 5.09. The van der Waals surface area contributed by atoms with Crippen LogP contribution in [-0.2, 0) is 9.59 Å². The van der Waals surface area contributed by atoms with Gasteiger partial charge in [-0.25, -0.2) is 4.79 Å². The first-order valence-corrected chi connectivity index (χ1v) is 11.6. The Morgan fingerprint density at radius 3 is 2.07 bits per heavy atom. The van der Waals surface area contributed by atoms with Crippen molar-refractivity contribution < 1.29 is 19.5 Å². The molecule has 0 spiro atoms. The fourth-order valence-electron chi connectivity index (χ4n) is 2.19. The molecule has 0 unspecified atom stereocenters. The van der Waals surface area contributed by atoms with Gasteiger partial charge in [-0.05, 0) is 53.4 Å². The monoisotopic (exact) mass is 442 g/mol. The van der Waals surface area contributed by atoms with Crippen LogP contribution in [0, 0.1) is 0 Å². The Bertz CT molecular complexity index is 639. The number of aliphatic carboxylic acids is 1. The third-order valence-electron chi connectivity index (χ3n) is 3.83. The van der Waals surface area contributed by atoms with E-state index < -0.39 is 17.3 Å². The van der Waals surface area contributed by atoms with Gasteiger partial charge < -0.3 is 10.4 Å². The lowest BCUT2D eigenvalue weighted by atomic mass is 10.1. The molecule has 0 radical (unpaired) electrons. The quantitative estimate of drug-likeness (QED) is 0.221. The zero-order chi connectivity index (χ0) is 22.2. The molecule has 29 heavy (non-hydrogen) atoms. The molecule has 0 rings (SSSR count). The highest BCUT2D eigenvalue weighted by Gasteiger charge is 2.20. The van der Waals surface area contributed by atoms with Crippen LogP contribution in [0.1, 0.15) is 60.3 Å². The molecule has 3 N–H and O–H groups in total. The van der Waals surface area contributed by atoms with Crippen molar-refractivity contribution in [3.8, 4) is 0 Å². The van der Waals surface area contributed by atoms with Crippen LogP contribution < -0.4 is 10.0 Å². The van der Waals surface area contributed by atoms with Gasteiger partial charge in [-0.15, -0.1) is 0 Å². The third kappa shape index (κ3) is 16.9. The molecule has 6 nitrogen and oxygen atoms in total. The number of carbonyl (C=O) groups excluding carboxylic acids is 2. The van der Waals surface area contributed by atoms with Gasteiger partial charge in [0.05, 0.1) is 11.9 Å². The summed E-state index contributed by atoms with van der Waals surface area (Å²) in [5.74, 6) is -0.517. The maximum absolute atomic E-state index is 11.6. The van der Waals surface area contributed by atoms with Gasteiger partial charge in [-0.2, -0.15) is 11.8 Å². The van der Waals surface area contributed by atoms with E-state index in [-0.39, 0.29) is 11.7 Å². The molecule has 0 heterocycles. The molecule has 0 aliphatic heterocycles. The number of nitrogens with one attached hydrogen (secondary N) is 2. The molecule has 0 fully saturated rings. The summed E-state index contributed by atoms with van der Waals surface area (Å²) in [5.41, 5.74) is 4.02. The Morgan fingerprint density at radius 1 is 0.931 bits per heavy atom. The Morgan fingerprint density at radius 2 is 1.52 bits per heavy atom. The average molecular weight is 443 g/mol. The van der Waals surface area contributed by atoms with Crippen molar-refractivity contribution >= 4 is 40.8 Å². The van der Waals surface area contributed by atoms with Gasteiger partial charge in [-0.1, -0.05) is 34.9 Å². The molecular formula is C21H34N2O4S2. The highest BCUT2D eigenvalue weighted by molar-refractivity contribution is 8.12. The largest absolute Gasteiger partial charge is 0.480 e. The molecule has 0 aromatic rings. The molecule has 0 saturated carbocycles. The minimum Gasteiger partial charge on any atom is -0.480 e. The van der Waals surface area contributed by atoms with E-state index in [1.54, 1.807) is 0 Å².